The van der Waals surface area contributed by atoms with E-state index in [0.29, 0.717) is 22.3 Å². The second-order valence-corrected chi connectivity index (χ2v) is 6.48. The Balaban J connectivity index is 2.10. The summed E-state index contributed by atoms with van der Waals surface area (Å²) in [6, 6.07) is 2.22. The molecule has 2 atom stereocenters. The van der Waals surface area contributed by atoms with Crippen LogP contribution < -0.4 is 5.73 Å². The predicted molar refractivity (Wildman–Crippen MR) is 81.8 cm³/mol. The molecule has 3 rings (SSSR count). The molecular weight excluding hydrogens is 280 g/mol. The van der Waals surface area contributed by atoms with Crippen LogP contribution in [-0.4, -0.2) is 26.0 Å². The molecule has 0 aromatic carbocycles. The van der Waals surface area contributed by atoms with Crippen molar-refractivity contribution in [3.63, 3.8) is 0 Å². The van der Waals surface area contributed by atoms with E-state index < -0.39 is 0 Å². The van der Waals surface area contributed by atoms with Crippen LogP contribution in [0.3, 0.4) is 0 Å². The lowest BCUT2D eigenvalue weighted by Crippen LogP contribution is -2.26. The van der Waals surface area contributed by atoms with Crippen LogP contribution in [0.5, 0.6) is 0 Å². The minimum absolute atomic E-state index is 0.391. The van der Waals surface area contributed by atoms with E-state index in [2.05, 4.69) is 20.8 Å². The molecule has 2 unspecified atom stereocenters. The number of nitrogens with zero attached hydrogens (tertiary/aromatic N) is 3. The van der Waals surface area contributed by atoms with Gasteiger partial charge >= 0.3 is 0 Å². The number of hydrogen-bond donors (Lipinski definition) is 1. The quantitative estimate of drug-likeness (QED) is 0.921. The van der Waals surface area contributed by atoms with E-state index in [-0.39, 0.29) is 0 Å². The van der Waals surface area contributed by atoms with Crippen LogP contribution in [0.25, 0.3) is 11.2 Å². The van der Waals surface area contributed by atoms with Crippen molar-refractivity contribution in [3.8, 4) is 0 Å². The van der Waals surface area contributed by atoms with Crippen molar-refractivity contribution in [2.75, 3.05) is 12.0 Å². The lowest BCUT2D eigenvalue weighted by molar-refractivity contribution is 0.373. The zero-order valence-corrected chi connectivity index (χ0v) is 12.4. The van der Waals surface area contributed by atoms with Gasteiger partial charge in [0.25, 0.3) is 0 Å². The molecule has 0 aliphatic heterocycles. The fourth-order valence-electron chi connectivity index (χ4n) is 2.95. The molecule has 1 aliphatic rings. The molecule has 2 aromatic rings. The van der Waals surface area contributed by atoms with Gasteiger partial charge in [0.2, 0.25) is 5.95 Å². The smallest absolute Gasteiger partial charge is 0.202 e. The number of halogens is 1. The maximum absolute atomic E-state index is 6.11. The largest absolute Gasteiger partial charge is 0.369 e. The van der Waals surface area contributed by atoms with Gasteiger partial charge in [-0.15, -0.1) is 0 Å². The third-order valence-electron chi connectivity index (χ3n) is 3.83. The van der Waals surface area contributed by atoms with Gasteiger partial charge in [0.05, 0.1) is 11.1 Å². The monoisotopic (exact) mass is 296 g/mol. The number of imidazole rings is 1. The third-order valence-corrected chi connectivity index (χ3v) is 5.19. The summed E-state index contributed by atoms with van der Waals surface area (Å²) in [4.78, 5) is 8.83. The molecule has 0 bridgehead atoms. The topological polar surface area (TPSA) is 56.7 Å². The Morgan fingerprint density at radius 1 is 1.42 bits per heavy atom. The van der Waals surface area contributed by atoms with Crippen molar-refractivity contribution in [2.45, 2.75) is 37.0 Å². The second kappa shape index (κ2) is 5.21. The van der Waals surface area contributed by atoms with Crippen LogP contribution in [0.4, 0.5) is 5.95 Å². The van der Waals surface area contributed by atoms with Gasteiger partial charge in [0, 0.05) is 11.4 Å². The maximum atomic E-state index is 6.11. The van der Waals surface area contributed by atoms with Crippen LogP contribution in [-0.2, 0) is 0 Å². The second-order valence-electron chi connectivity index (χ2n) is 4.96. The number of nitrogen functional groups attached to an aromatic ring is 1. The first-order valence-corrected chi connectivity index (χ1v) is 8.19. The molecule has 0 amide bonds. The summed E-state index contributed by atoms with van der Waals surface area (Å²) in [5.41, 5.74) is 7.75. The van der Waals surface area contributed by atoms with Crippen molar-refractivity contribution in [2.24, 2.45) is 0 Å². The van der Waals surface area contributed by atoms with Crippen LogP contribution in [0.1, 0.15) is 31.7 Å². The number of rotatable bonds is 2. The number of nitrogens with two attached hydrogens (primary N) is 1. The summed E-state index contributed by atoms with van der Waals surface area (Å²) in [5.74, 6) is 0.552. The molecule has 0 spiro atoms. The van der Waals surface area contributed by atoms with Gasteiger partial charge < -0.3 is 5.73 Å². The average Bonchev–Trinajstić information content (AvgIpc) is 2.73. The van der Waals surface area contributed by atoms with Gasteiger partial charge in [0.1, 0.15) is 5.52 Å². The van der Waals surface area contributed by atoms with E-state index in [9.17, 15) is 0 Å². The van der Waals surface area contributed by atoms with Crippen molar-refractivity contribution >= 4 is 40.5 Å². The molecular formula is C13H17ClN4S. The predicted octanol–water partition coefficient (Wildman–Crippen LogP) is 3.51. The Hall–Kier alpha value is -0.940. The Labute approximate surface area is 121 Å². The molecule has 2 aromatic heterocycles. The summed E-state index contributed by atoms with van der Waals surface area (Å²) in [7, 11) is 0. The first-order chi connectivity index (χ1) is 9.20. The van der Waals surface area contributed by atoms with Gasteiger partial charge in [-0.1, -0.05) is 24.4 Å². The Morgan fingerprint density at radius 3 is 3.00 bits per heavy atom. The molecule has 1 fully saturated rings. The first-order valence-electron chi connectivity index (χ1n) is 6.52. The highest BCUT2D eigenvalue weighted by atomic mass is 35.5. The molecule has 6 heteroatoms. The summed E-state index contributed by atoms with van der Waals surface area (Å²) in [6.45, 7) is 0. The summed E-state index contributed by atoms with van der Waals surface area (Å²) in [6.07, 6.45) is 8.76. The highest BCUT2D eigenvalue weighted by Crippen LogP contribution is 2.38. The van der Waals surface area contributed by atoms with Gasteiger partial charge in [-0.25, -0.2) is 9.97 Å². The summed E-state index contributed by atoms with van der Waals surface area (Å²) in [5, 5.41) is 1.19. The molecule has 2 heterocycles. The Bertz CT molecular complexity index is 598. The zero-order valence-electron chi connectivity index (χ0n) is 10.8. The van der Waals surface area contributed by atoms with Gasteiger partial charge in [-0.3, -0.25) is 4.57 Å². The standard InChI is InChI=1S/C13H17ClN4S/c1-19-11-5-3-2-4-10(11)18-12-9(17-13(18)15)6-8(14)7-16-12/h6-7,10-11H,2-5H2,1H3,(H2,15,17). The minimum Gasteiger partial charge on any atom is -0.369 e. The summed E-state index contributed by atoms with van der Waals surface area (Å²) < 4.78 is 2.10. The number of fused-ring (bicyclic) bond motifs is 1. The van der Waals surface area contributed by atoms with Gasteiger partial charge in [-0.05, 0) is 25.2 Å². The third kappa shape index (κ3) is 2.30. The Morgan fingerprint density at radius 2 is 2.21 bits per heavy atom. The highest BCUT2D eigenvalue weighted by molar-refractivity contribution is 7.99. The molecule has 19 heavy (non-hydrogen) atoms. The fraction of sp³-hybridized carbons (Fsp3) is 0.538. The van der Waals surface area contributed by atoms with E-state index in [1.807, 2.05) is 17.8 Å². The normalized spacial score (nSPS) is 23.9. The average molecular weight is 297 g/mol. The molecule has 1 aliphatic carbocycles. The fourth-order valence-corrected chi connectivity index (χ4v) is 4.08. The summed E-state index contributed by atoms with van der Waals surface area (Å²) >= 11 is 7.88. The van der Waals surface area contributed by atoms with Crippen LogP contribution in [0, 0.1) is 0 Å². The molecule has 4 nitrogen and oxygen atoms in total. The number of anilines is 1. The molecule has 102 valence electrons. The maximum Gasteiger partial charge on any atom is 0.202 e. The number of thioether (sulfide) groups is 1. The van der Waals surface area contributed by atoms with Crippen molar-refractivity contribution in [1.82, 2.24) is 14.5 Å². The lowest BCUT2D eigenvalue weighted by Gasteiger charge is -2.31. The molecule has 0 radical (unpaired) electrons. The van der Waals surface area contributed by atoms with E-state index in [4.69, 9.17) is 17.3 Å². The highest BCUT2D eigenvalue weighted by Gasteiger charge is 2.29. The van der Waals surface area contributed by atoms with E-state index >= 15 is 0 Å². The van der Waals surface area contributed by atoms with E-state index in [1.54, 1.807) is 6.20 Å². The van der Waals surface area contributed by atoms with Gasteiger partial charge in [0.15, 0.2) is 5.65 Å². The van der Waals surface area contributed by atoms with Crippen molar-refractivity contribution < 1.29 is 0 Å². The molecule has 0 saturated heterocycles. The zero-order chi connectivity index (χ0) is 13.4. The van der Waals surface area contributed by atoms with Crippen molar-refractivity contribution in [1.29, 1.82) is 0 Å². The van der Waals surface area contributed by atoms with Crippen LogP contribution in [0.15, 0.2) is 12.3 Å². The van der Waals surface area contributed by atoms with Gasteiger partial charge in [-0.2, -0.15) is 11.8 Å². The lowest BCUT2D eigenvalue weighted by atomic mass is 9.94. The Kier molecular flexibility index (Phi) is 3.58. The van der Waals surface area contributed by atoms with Crippen LogP contribution >= 0.6 is 23.4 Å². The molecule has 2 N–H and O–H groups in total. The van der Waals surface area contributed by atoms with E-state index in [0.717, 1.165) is 17.6 Å². The SMILES string of the molecule is CSC1CCCCC1n1c(N)nc2cc(Cl)cnc21. The number of hydrogen-bond acceptors (Lipinski definition) is 4. The van der Waals surface area contributed by atoms with Crippen molar-refractivity contribution in [3.05, 3.63) is 17.3 Å². The number of pyridine rings is 1. The minimum atomic E-state index is 0.391. The first kappa shape index (κ1) is 13.1. The number of aromatic nitrogens is 3. The molecule has 1 saturated carbocycles. The van der Waals surface area contributed by atoms with Crippen LogP contribution in [0.2, 0.25) is 5.02 Å². The van der Waals surface area contributed by atoms with E-state index in [1.165, 1.54) is 19.3 Å².